The number of primary amides is 1. The number of hydrogen-bond acceptors (Lipinski definition) is 3. The van der Waals surface area contributed by atoms with Crippen LogP contribution in [-0.2, 0) is 29.0 Å². The van der Waals surface area contributed by atoms with Gasteiger partial charge in [0, 0.05) is 30.8 Å². The third kappa shape index (κ3) is 3.42. The van der Waals surface area contributed by atoms with E-state index in [9.17, 15) is 14.4 Å². The fourth-order valence-electron chi connectivity index (χ4n) is 4.23. The van der Waals surface area contributed by atoms with Crippen molar-refractivity contribution in [1.82, 2.24) is 4.90 Å². The lowest BCUT2D eigenvalue weighted by molar-refractivity contribution is -0.123. The Morgan fingerprint density at radius 1 is 1.07 bits per heavy atom. The van der Waals surface area contributed by atoms with E-state index in [1.165, 1.54) is 6.08 Å². The molecule has 0 aliphatic carbocycles. The van der Waals surface area contributed by atoms with Gasteiger partial charge in [-0.25, -0.2) is 0 Å². The second kappa shape index (κ2) is 7.54. The maximum atomic E-state index is 13.3. The van der Waals surface area contributed by atoms with Gasteiger partial charge in [-0.05, 0) is 53.8 Å². The minimum absolute atomic E-state index is 0.147. The Morgan fingerprint density at radius 2 is 1.83 bits per heavy atom. The summed E-state index contributed by atoms with van der Waals surface area (Å²) in [7, 11) is 0. The minimum Gasteiger partial charge on any atom is -0.368 e. The molecule has 0 bridgehead atoms. The van der Waals surface area contributed by atoms with Crippen molar-refractivity contribution in [3.63, 3.8) is 0 Å². The minimum atomic E-state index is -0.674. The second-order valence-corrected chi connectivity index (χ2v) is 7.47. The summed E-state index contributed by atoms with van der Waals surface area (Å²) in [5.74, 6) is -0.877. The van der Waals surface area contributed by atoms with E-state index in [0.717, 1.165) is 35.2 Å². The van der Waals surface area contributed by atoms with Crippen molar-refractivity contribution in [3.05, 3.63) is 77.4 Å². The van der Waals surface area contributed by atoms with Crippen LogP contribution in [0.4, 0.5) is 5.69 Å². The van der Waals surface area contributed by atoms with Gasteiger partial charge in [-0.1, -0.05) is 30.8 Å². The zero-order valence-corrected chi connectivity index (χ0v) is 16.1. The van der Waals surface area contributed by atoms with E-state index in [1.54, 1.807) is 21.9 Å². The van der Waals surface area contributed by atoms with Crippen LogP contribution in [0.3, 0.4) is 0 Å². The van der Waals surface area contributed by atoms with Gasteiger partial charge < -0.3 is 15.5 Å². The molecule has 0 aromatic heterocycles. The number of hydrogen-bond donors (Lipinski definition) is 1. The van der Waals surface area contributed by atoms with Crippen LogP contribution in [0.5, 0.6) is 0 Å². The molecular formula is C23H23N3O3. The molecule has 2 heterocycles. The molecule has 6 nitrogen and oxygen atoms in total. The molecular weight excluding hydrogens is 366 g/mol. The predicted molar refractivity (Wildman–Crippen MR) is 110 cm³/mol. The van der Waals surface area contributed by atoms with Crippen LogP contribution >= 0.6 is 0 Å². The highest BCUT2D eigenvalue weighted by Gasteiger charge is 2.34. The number of rotatable bonds is 3. The lowest BCUT2D eigenvalue weighted by Gasteiger charge is -2.35. The van der Waals surface area contributed by atoms with Crippen LogP contribution in [0.15, 0.2) is 55.1 Å². The molecule has 4 rings (SSSR count). The number of nitrogens with two attached hydrogens (primary N) is 1. The molecule has 0 saturated heterocycles. The standard InChI is InChI=1S/C23H23N3O3/c1-2-21(27)25-11-5-8-16-12-17(9-10-19(16)25)23(29)26-14-18-7-4-3-6-15(18)13-20(26)22(24)28/h2-4,6-7,9-10,12,20H,1,5,8,11,13-14H2,(H2,24,28)/t20-/m0/s1. The molecule has 3 amide bonds. The monoisotopic (exact) mass is 389 g/mol. The van der Waals surface area contributed by atoms with Crippen LogP contribution < -0.4 is 10.6 Å². The van der Waals surface area contributed by atoms with Crippen molar-refractivity contribution in [3.8, 4) is 0 Å². The molecule has 2 aliphatic rings. The van der Waals surface area contributed by atoms with E-state index in [4.69, 9.17) is 5.73 Å². The summed E-state index contributed by atoms with van der Waals surface area (Å²) in [6.45, 7) is 4.55. The average Bonchev–Trinajstić information content (AvgIpc) is 2.76. The number of benzene rings is 2. The summed E-state index contributed by atoms with van der Waals surface area (Å²) in [4.78, 5) is 40.7. The smallest absolute Gasteiger partial charge is 0.254 e. The fraction of sp³-hybridized carbons (Fsp3) is 0.261. The summed E-state index contributed by atoms with van der Waals surface area (Å²) < 4.78 is 0. The number of fused-ring (bicyclic) bond motifs is 2. The lowest BCUT2D eigenvalue weighted by Crippen LogP contribution is -2.51. The van der Waals surface area contributed by atoms with Crippen LogP contribution in [-0.4, -0.2) is 35.2 Å². The molecule has 6 heteroatoms. The van der Waals surface area contributed by atoms with E-state index in [1.807, 2.05) is 30.3 Å². The van der Waals surface area contributed by atoms with Gasteiger partial charge in [0.05, 0.1) is 0 Å². The Bertz CT molecular complexity index is 1010. The van der Waals surface area contributed by atoms with Crippen molar-refractivity contribution < 1.29 is 14.4 Å². The number of anilines is 1. The molecule has 2 N–H and O–H groups in total. The summed E-state index contributed by atoms with van der Waals surface area (Å²) >= 11 is 0. The summed E-state index contributed by atoms with van der Waals surface area (Å²) in [5, 5.41) is 0. The first-order valence-electron chi connectivity index (χ1n) is 9.73. The van der Waals surface area contributed by atoms with Crippen LogP contribution in [0.2, 0.25) is 0 Å². The van der Waals surface area contributed by atoms with Crippen molar-refractivity contribution >= 4 is 23.4 Å². The maximum absolute atomic E-state index is 13.3. The predicted octanol–water partition coefficient (Wildman–Crippen LogP) is 2.20. The fourth-order valence-corrected chi connectivity index (χ4v) is 4.23. The number of nitrogens with zero attached hydrogens (tertiary/aromatic N) is 2. The molecule has 29 heavy (non-hydrogen) atoms. The quantitative estimate of drug-likeness (QED) is 0.817. The Labute approximate surface area is 169 Å². The zero-order chi connectivity index (χ0) is 20.5. The Kier molecular flexibility index (Phi) is 4.92. The zero-order valence-electron chi connectivity index (χ0n) is 16.1. The third-order valence-electron chi connectivity index (χ3n) is 5.72. The van der Waals surface area contributed by atoms with Gasteiger partial charge in [-0.2, -0.15) is 0 Å². The highest BCUT2D eigenvalue weighted by molar-refractivity contribution is 6.03. The Morgan fingerprint density at radius 3 is 2.55 bits per heavy atom. The maximum Gasteiger partial charge on any atom is 0.254 e. The lowest BCUT2D eigenvalue weighted by atomic mass is 9.92. The molecule has 1 atom stereocenters. The van der Waals surface area contributed by atoms with Crippen LogP contribution in [0, 0.1) is 0 Å². The van der Waals surface area contributed by atoms with E-state index in [0.29, 0.717) is 25.1 Å². The van der Waals surface area contributed by atoms with Gasteiger partial charge in [-0.15, -0.1) is 0 Å². The highest BCUT2D eigenvalue weighted by atomic mass is 16.2. The SMILES string of the molecule is C=CC(=O)N1CCCc2cc(C(=O)N3Cc4ccccc4C[C@H]3C(N)=O)ccc21. The summed E-state index contributed by atoms with van der Waals surface area (Å²) in [6, 6.07) is 12.5. The van der Waals surface area contributed by atoms with Crippen molar-refractivity contribution in [1.29, 1.82) is 0 Å². The van der Waals surface area contributed by atoms with Gasteiger partial charge >= 0.3 is 0 Å². The molecule has 2 aromatic carbocycles. The molecule has 0 unspecified atom stereocenters. The number of carbonyl (C=O) groups excluding carboxylic acids is 3. The molecule has 2 aliphatic heterocycles. The Balaban J connectivity index is 1.66. The Hall–Kier alpha value is -3.41. The van der Waals surface area contributed by atoms with E-state index in [2.05, 4.69) is 6.58 Å². The molecule has 0 saturated carbocycles. The number of aryl methyl sites for hydroxylation is 1. The number of carbonyl (C=O) groups is 3. The van der Waals surface area contributed by atoms with Crippen LogP contribution in [0.25, 0.3) is 0 Å². The second-order valence-electron chi connectivity index (χ2n) is 7.47. The van der Waals surface area contributed by atoms with Gasteiger partial charge in [0.15, 0.2) is 0 Å². The summed E-state index contributed by atoms with van der Waals surface area (Å²) in [6.07, 6.45) is 3.34. The third-order valence-corrected chi connectivity index (χ3v) is 5.72. The van der Waals surface area contributed by atoms with Gasteiger partial charge in [-0.3, -0.25) is 14.4 Å². The first-order valence-corrected chi connectivity index (χ1v) is 9.73. The molecule has 0 radical (unpaired) electrons. The first-order chi connectivity index (χ1) is 14.0. The summed E-state index contributed by atoms with van der Waals surface area (Å²) in [5.41, 5.74) is 9.96. The topological polar surface area (TPSA) is 83.7 Å². The number of amides is 3. The largest absolute Gasteiger partial charge is 0.368 e. The molecule has 0 fully saturated rings. The van der Waals surface area contributed by atoms with Gasteiger partial charge in [0.2, 0.25) is 11.8 Å². The van der Waals surface area contributed by atoms with E-state index in [-0.39, 0.29) is 11.8 Å². The normalized spacial score (nSPS) is 17.9. The van der Waals surface area contributed by atoms with Gasteiger partial charge in [0.25, 0.3) is 5.91 Å². The molecule has 0 spiro atoms. The van der Waals surface area contributed by atoms with Crippen molar-refractivity contribution in [2.45, 2.75) is 31.8 Å². The molecule has 2 aromatic rings. The molecule has 148 valence electrons. The van der Waals surface area contributed by atoms with E-state index < -0.39 is 11.9 Å². The van der Waals surface area contributed by atoms with Crippen molar-refractivity contribution in [2.75, 3.05) is 11.4 Å². The van der Waals surface area contributed by atoms with E-state index >= 15 is 0 Å². The van der Waals surface area contributed by atoms with Crippen LogP contribution in [0.1, 0.15) is 33.5 Å². The van der Waals surface area contributed by atoms with Gasteiger partial charge in [0.1, 0.15) is 6.04 Å². The first kappa shape index (κ1) is 18.9. The van der Waals surface area contributed by atoms with Crippen molar-refractivity contribution in [2.24, 2.45) is 5.73 Å². The average molecular weight is 389 g/mol. The highest BCUT2D eigenvalue weighted by Crippen LogP contribution is 2.30.